The van der Waals surface area contributed by atoms with Gasteiger partial charge in [-0.1, -0.05) is 19.1 Å². The van der Waals surface area contributed by atoms with Crippen molar-refractivity contribution in [3.05, 3.63) is 35.4 Å². The van der Waals surface area contributed by atoms with Gasteiger partial charge in [0, 0.05) is 0 Å². The van der Waals surface area contributed by atoms with Crippen LogP contribution in [0, 0.1) is 0 Å². The zero-order valence-corrected chi connectivity index (χ0v) is 9.14. The fraction of sp³-hybridized carbons (Fsp3) is 0.333. The van der Waals surface area contributed by atoms with Crippen LogP contribution in [0.1, 0.15) is 29.3 Å². The van der Waals surface area contributed by atoms with Crippen molar-refractivity contribution >= 4 is 11.9 Å². The molecule has 0 bridgehead atoms. The first-order valence-corrected chi connectivity index (χ1v) is 5.40. The van der Waals surface area contributed by atoms with E-state index in [0.717, 1.165) is 0 Å². The van der Waals surface area contributed by atoms with Gasteiger partial charge in [-0.15, -0.1) is 0 Å². The predicted octanol–water partition coefficient (Wildman–Crippen LogP) is 1.32. The zero-order chi connectivity index (χ0) is 12.0. The Balaban J connectivity index is 2.07. The van der Waals surface area contributed by atoms with E-state index in [1.807, 2.05) is 0 Å². The molecule has 0 N–H and O–H groups in total. The first-order chi connectivity index (χ1) is 8.16. The first-order valence-electron chi connectivity index (χ1n) is 5.40. The maximum atomic E-state index is 11.6. The van der Waals surface area contributed by atoms with E-state index < -0.39 is 24.0 Å². The van der Waals surface area contributed by atoms with E-state index in [0.29, 0.717) is 17.5 Å². The highest BCUT2D eigenvalue weighted by Crippen LogP contribution is 2.43. The summed E-state index contributed by atoms with van der Waals surface area (Å²) in [4.78, 5) is 23.2. The third-order valence-electron chi connectivity index (χ3n) is 2.87. The normalized spacial score (nSPS) is 30.3. The van der Waals surface area contributed by atoms with Gasteiger partial charge < -0.3 is 9.47 Å². The summed E-state index contributed by atoms with van der Waals surface area (Å²) in [6.45, 7) is 1.80. The molecule has 0 radical (unpaired) electrons. The molecular formula is C12H10O5. The van der Waals surface area contributed by atoms with Gasteiger partial charge >= 0.3 is 17.9 Å². The van der Waals surface area contributed by atoms with Crippen LogP contribution in [0.4, 0.5) is 0 Å². The molecule has 88 valence electrons. The second-order valence-corrected chi connectivity index (χ2v) is 3.93. The van der Waals surface area contributed by atoms with Crippen LogP contribution in [-0.4, -0.2) is 18.0 Å². The lowest BCUT2D eigenvalue weighted by Crippen LogP contribution is -2.28. The second kappa shape index (κ2) is 3.30. The van der Waals surface area contributed by atoms with Crippen molar-refractivity contribution in [2.75, 3.05) is 0 Å². The molecule has 1 aromatic carbocycles. The van der Waals surface area contributed by atoms with Crippen molar-refractivity contribution in [1.82, 2.24) is 0 Å². The van der Waals surface area contributed by atoms with Gasteiger partial charge in [0.25, 0.3) is 0 Å². The Morgan fingerprint density at radius 1 is 1.24 bits per heavy atom. The minimum atomic E-state index is -1.66. The fourth-order valence-electron chi connectivity index (χ4n) is 2.03. The monoisotopic (exact) mass is 234 g/mol. The molecule has 2 unspecified atom stereocenters. The van der Waals surface area contributed by atoms with Gasteiger partial charge in [-0.2, -0.15) is 0 Å². The van der Waals surface area contributed by atoms with E-state index >= 15 is 0 Å². The molecule has 3 rings (SSSR count). The highest BCUT2D eigenvalue weighted by Gasteiger charge is 2.58. The number of rotatable bonds is 1. The third kappa shape index (κ3) is 1.29. The Hall–Kier alpha value is -1.88. The maximum Gasteiger partial charge on any atom is 0.407 e. The van der Waals surface area contributed by atoms with Crippen LogP contribution < -0.4 is 0 Å². The Kier molecular flexibility index (Phi) is 2.00. The van der Waals surface area contributed by atoms with Gasteiger partial charge in [-0.25, -0.2) is 9.59 Å². The van der Waals surface area contributed by atoms with E-state index in [-0.39, 0.29) is 0 Å². The van der Waals surface area contributed by atoms with E-state index in [1.54, 1.807) is 31.2 Å². The third-order valence-corrected chi connectivity index (χ3v) is 2.87. The summed E-state index contributed by atoms with van der Waals surface area (Å²) in [7, 11) is 0. The van der Waals surface area contributed by atoms with Crippen molar-refractivity contribution in [2.45, 2.75) is 25.4 Å². The number of hydrogen-bond donors (Lipinski definition) is 0. The minimum Gasteiger partial charge on any atom is -0.392 e. The van der Waals surface area contributed by atoms with E-state index in [4.69, 9.17) is 14.2 Å². The van der Waals surface area contributed by atoms with Crippen LogP contribution >= 0.6 is 0 Å². The first kappa shape index (κ1) is 10.3. The van der Waals surface area contributed by atoms with Crippen molar-refractivity contribution in [3.63, 3.8) is 0 Å². The standard InChI is InChI=1S/C12H10O5/c1-2-9-11(14)17-12(15-9)8-6-4-3-5-7(8)10(13)16-12/h3-6,9H,2H2,1H3. The topological polar surface area (TPSA) is 61.8 Å². The van der Waals surface area contributed by atoms with Crippen LogP contribution in [0.25, 0.3) is 0 Å². The highest BCUT2D eigenvalue weighted by atomic mass is 16.9. The second-order valence-electron chi connectivity index (χ2n) is 3.93. The smallest absolute Gasteiger partial charge is 0.392 e. The summed E-state index contributed by atoms with van der Waals surface area (Å²) in [6.07, 6.45) is -0.214. The molecule has 5 nitrogen and oxygen atoms in total. The average molecular weight is 234 g/mol. The summed E-state index contributed by atoms with van der Waals surface area (Å²) in [5, 5.41) is 0. The Labute approximate surface area is 97.3 Å². The minimum absolute atomic E-state index is 0.372. The summed E-state index contributed by atoms with van der Waals surface area (Å²) >= 11 is 0. The summed E-state index contributed by atoms with van der Waals surface area (Å²) in [5.74, 6) is -2.70. The van der Waals surface area contributed by atoms with Crippen LogP contribution in [0.3, 0.4) is 0 Å². The average Bonchev–Trinajstić information content (AvgIpc) is 2.79. The molecule has 1 aromatic rings. The van der Waals surface area contributed by atoms with Gasteiger partial charge in [0.2, 0.25) is 0 Å². The van der Waals surface area contributed by atoms with E-state index in [1.165, 1.54) is 0 Å². The molecule has 17 heavy (non-hydrogen) atoms. The van der Waals surface area contributed by atoms with Crippen LogP contribution in [0.2, 0.25) is 0 Å². The summed E-state index contributed by atoms with van der Waals surface area (Å²) < 4.78 is 15.6. The number of ether oxygens (including phenoxy) is 3. The van der Waals surface area contributed by atoms with Crippen LogP contribution in [-0.2, 0) is 25.0 Å². The molecule has 1 fully saturated rings. The van der Waals surface area contributed by atoms with Gasteiger partial charge in [0.1, 0.15) is 0 Å². The van der Waals surface area contributed by atoms with Crippen molar-refractivity contribution in [2.24, 2.45) is 0 Å². The zero-order valence-electron chi connectivity index (χ0n) is 9.14. The van der Waals surface area contributed by atoms with Crippen LogP contribution in [0.15, 0.2) is 24.3 Å². The number of carbonyl (C=O) groups excluding carboxylic acids is 2. The van der Waals surface area contributed by atoms with E-state index in [9.17, 15) is 9.59 Å². The molecule has 1 spiro atoms. The Bertz CT molecular complexity index is 509. The number of esters is 2. The molecule has 0 aromatic heterocycles. The van der Waals surface area contributed by atoms with Gasteiger partial charge in [-0.3, -0.25) is 4.74 Å². The largest absolute Gasteiger partial charge is 0.407 e. The Morgan fingerprint density at radius 2 is 2.00 bits per heavy atom. The van der Waals surface area contributed by atoms with Crippen molar-refractivity contribution in [1.29, 1.82) is 0 Å². The van der Waals surface area contributed by atoms with Gasteiger partial charge in [0.05, 0.1) is 11.1 Å². The van der Waals surface area contributed by atoms with Gasteiger partial charge in [-0.05, 0) is 18.6 Å². The molecule has 0 aliphatic carbocycles. The summed E-state index contributed by atoms with van der Waals surface area (Å²) in [6, 6.07) is 6.72. The molecule has 2 heterocycles. The number of carbonyl (C=O) groups is 2. The lowest BCUT2D eigenvalue weighted by atomic mass is 10.1. The maximum absolute atomic E-state index is 11.6. The lowest BCUT2D eigenvalue weighted by Gasteiger charge is -2.19. The molecule has 2 aliphatic heterocycles. The molecular weight excluding hydrogens is 224 g/mol. The van der Waals surface area contributed by atoms with Crippen LogP contribution in [0.5, 0.6) is 0 Å². The highest BCUT2D eigenvalue weighted by molar-refractivity contribution is 5.95. The van der Waals surface area contributed by atoms with Crippen molar-refractivity contribution < 1.29 is 23.8 Å². The summed E-state index contributed by atoms with van der Waals surface area (Å²) in [5.41, 5.74) is 0.825. The van der Waals surface area contributed by atoms with E-state index in [2.05, 4.69) is 0 Å². The number of benzene rings is 1. The molecule has 5 heteroatoms. The fourth-order valence-corrected chi connectivity index (χ4v) is 2.03. The Morgan fingerprint density at radius 3 is 2.71 bits per heavy atom. The quantitative estimate of drug-likeness (QED) is 0.686. The number of hydrogen-bond acceptors (Lipinski definition) is 5. The molecule has 2 aliphatic rings. The SMILES string of the molecule is CCC1OC2(OC(=O)c3ccccc32)OC1=O. The molecule has 0 saturated carbocycles. The van der Waals surface area contributed by atoms with Crippen molar-refractivity contribution in [3.8, 4) is 0 Å². The molecule has 0 amide bonds. The number of fused-ring (bicyclic) bond motifs is 2. The molecule has 2 atom stereocenters. The predicted molar refractivity (Wildman–Crippen MR) is 54.8 cm³/mol. The lowest BCUT2D eigenvalue weighted by molar-refractivity contribution is -0.307. The molecule has 1 saturated heterocycles. The van der Waals surface area contributed by atoms with Gasteiger partial charge in [0.15, 0.2) is 6.10 Å².